The van der Waals surface area contributed by atoms with Gasteiger partial charge in [-0.1, -0.05) is 187 Å². The molecule has 0 spiro atoms. The average Bonchev–Trinajstić information content (AvgIpc) is 3.82. The molecule has 3 heterocycles. The molecule has 1 aromatic heterocycles. The lowest BCUT2D eigenvalue weighted by atomic mass is 9.92. The predicted octanol–water partition coefficient (Wildman–Crippen LogP) is 8.41. The van der Waals surface area contributed by atoms with Gasteiger partial charge in [-0.05, 0) is 33.4 Å². The lowest BCUT2D eigenvalue weighted by Crippen LogP contribution is -2.58. The fourth-order valence-electron chi connectivity index (χ4n) is 8.96. The number of hydrogen-bond donors (Lipinski definition) is 2. The molecule has 13 nitrogen and oxygen atoms in total. The van der Waals surface area contributed by atoms with E-state index in [0.717, 1.165) is 33.4 Å². The zero-order valence-corrected chi connectivity index (χ0v) is 38.5. The number of aliphatic hydroxyl groups is 2. The molecular weight excluding hydrogens is 875 g/mol. The number of nitrogens with zero attached hydrogens (tertiary/aromatic N) is 3. The van der Waals surface area contributed by atoms with Crippen molar-refractivity contribution in [1.82, 2.24) is 15.0 Å². The van der Waals surface area contributed by atoms with Gasteiger partial charge < -0.3 is 48.1 Å². The third kappa shape index (κ3) is 12.1. The van der Waals surface area contributed by atoms with Gasteiger partial charge >= 0.3 is 0 Å². The maximum atomic E-state index is 13.0. The van der Waals surface area contributed by atoms with Gasteiger partial charge in [0.05, 0.1) is 51.9 Å². The van der Waals surface area contributed by atoms with Crippen LogP contribution in [0.4, 0.5) is 0 Å². The molecular formula is C56H59N3O10. The van der Waals surface area contributed by atoms with Crippen molar-refractivity contribution < 1.29 is 48.1 Å². The quantitative estimate of drug-likeness (QED) is 0.0714. The van der Waals surface area contributed by atoms with E-state index in [4.69, 9.17) is 48.2 Å². The number of rotatable bonds is 21. The third-order valence-electron chi connectivity index (χ3n) is 12.5. The van der Waals surface area contributed by atoms with Crippen LogP contribution in [0.25, 0.3) is 0 Å². The number of hydrogen-bond acceptors (Lipinski definition) is 12. The number of aliphatic hydroxyl groups excluding tert-OH is 2. The van der Waals surface area contributed by atoms with E-state index in [1.807, 2.05) is 182 Å². The zero-order valence-electron chi connectivity index (χ0n) is 38.5. The highest BCUT2D eigenvalue weighted by Gasteiger charge is 2.54. The molecule has 0 radical (unpaired) electrons. The lowest BCUT2D eigenvalue weighted by molar-refractivity contribution is -0.321. The summed E-state index contributed by atoms with van der Waals surface area (Å²) >= 11 is 0. The van der Waals surface area contributed by atoms with Crippen LogP contribution in [0.1, 0.15) is 63.0 Å². The number of aromatic nitrogens is 3. The molecule has 0 saturated carbocycles. The molecule has 0 aliphatic carbocycles. The molecule has 0 amide bonds. The second-order valence-corrected chi connectivity index (χ2v) is 17.3. The van der Waals surface area contributed by atoms with E-state index in [1.165, 1.54) is 4.68 Å². The van der Waals surface area contributed by atoms with Crippen LogP contribution in [0.15, 0.2) is 182 Å². The van der Waals surface area contributed by atoms with Crippen LogP contribution in [-0.4, -0.2) is 81.8 Å². The highest BCUT2D eigenvalue weighted by atomic mass is 16.7. The molecule has 69 heavy (non-hydrogen) atoms. The first-order chi connectivity index (χ1) is 34.0. The van der Waals surface area contributed by atoms with Crippen molar-refractivity contribution in [2.75, 3.05) is 13.7 Å². The minimum atomic E-state index is -1.47. The van der Waals surface area contributed by atoms with Crippen LogP contribution in [0, 0.1) is 0 Å². The van der Waals surface area contributed by atoms with Crippen molar-refractivity contribution in [2.45, 2.75) is 101 Å². The van der Waals surface area contributed by atoms with E-state index in [0.29, 0.717) is 0 Å². The van der Waals surface area contributed by atoms with E-state index >= 15 is 0 Å². The molecule has 13 heteroatoms. The zero-order chi connectivity index (χ0) is 47.2. The Labute approximate surface area is 403 Å². The predicted molar refractivity (Wildman–Crippen MR) is 256 cm³/mol. The lowest BCUT2D eigenvalue weighted by Gasteiger charge is -2.45. The van der Waals surface area contributed by atoms with Crippen molar-refractivity contribution in [2.24, 2.45) is 0 Å². The first-order valence-electron chi connectivity index (χ1n) is 23.4. The molecule has 6 aromatic carbocycles. The number of ether oxygens (including phenoxy) is 8. The van der Waals surface area contributed by atoms with Crippen molar-refractivity contribution in [3.8, 4) is 0 Å². The monoisotopic (exact) mass is 933 g/mol. The first-order valence-corrected chi connectivity index (χ1v) is 23.4. The van der Waals surface area contributed by atoms with Gasteiger partial charge in [0, 0.05) is 7.11 Å². The van der Waals surface area contributed by atoms with Crippen LogP contribution >= 0.6 is 0 Å². The molecule has 0 bridgehead atoms. The van der Waals surface area contributed by atoms with Gasteiger partial charge in [0.25, 0.3) is 0 Å². The Morgan fingerprint density at radius 1 is 0.464 bits per heavy atom. The summed E-state index contributed by atoms with van der Waals surface area (Å²) in [5.74, 6) is 0. The molecule has 9 rings (SSSR count). The van der Waals surface area contributed by atoms with Crippen LogP contribution in [0.2, 0.25) is 0 Å². The molecule has 1 saturated heterocycles. The Kier molecular flexibility index (Phi) is 16.8. The Balaban J connectivity index is 1.13. The third-order valence-corrected chi connectivity index (χ3v) is 12.5. The summed E-state index contributed by atoms with van der Waals surface area (Å²) in [6.45, 7) is 1.11. The summed E-state index contributed by atoms with van der Waals surface area (Å²) in [7, 11) is 1.55. The highest BCUT2D eigenvalue weighted by Crippen LogP contribution is 2.44. The van der Waals surface area contributed by atoms with Crippen LogP contribution in [0.5, 0.6) is 0 Å². The summed E-state index contributed by atoms with van der Waals surface area (Å²) < 4.78 is 55.0. The minimum Gasteiger partial charge on any atom is -0.388 e. The van der Waals surface area contributed by atoms with Crippen molar-refractivity contribution in [3.63, 3.8) is 0 Å². The number of fused-ring (bicyclic) bond motifs is 1. The van der Waals surface area contributed by atoms with E-state index in [9.17, 15) is 10.2 Å². The summed E-state index contributed by atoms with van der Waals surface area (Å²) in [5.41, 5.74) is 6.00. The van der Waals surface area contributed by atoms with Crippen LogP contribution in [-0.2, 0) is 77.5 Å². The van der Waals surface area contributed by atoms with Crippen LogP contribution < -0.4 is 0 Å². The topological polar surface area (TPSA) is 145 Å². The van der Waals surface area contributed by atoms with E-state index in [2.05, 4.69) is 0 Å². The fraction of sp³-hybridized carbons (Fsp3) is 0.321. The molecule has 1 fully saturated rings. The minimum absolute atomic E-state index is 0.0203. The van der Waals surface area contributed by atoms with Gasteiger partial charge in [-0.3, -0.25) is 0 Å². The van der Waals surface area contributed by atoms with Gasteiger partial charge in [-0.15, -0.1) is 5.10 Å². The SMILES string of the molecule is CO[C@H]1O[C@H](c2nnn3c2[C@@H](O)[C@H](OCc2ccccc2)[C@@H](OCc2ccccc2)[C@H](O)[C@H]3COCc2ccccc2)[C@@H](OCc2ccccc2)[C@H](OCc2ccccc2)[C@H]1OCc1ccccc1. The molecule has 0 unspecified atom stereocenters. The second-order valence-electron chi connectivity index (χ2n) is 17.3. The molecule has 2 N–H and O–H groups in total. The summed E-state index contributed by atoms with van der Waals surface area (Å²) in [4.78, 5) is 0. The summed E-state index contributed by atoms with van der Waals surface area (Å²) in [6, 6.07) is 57.8. The van der Waals surface area contributed by atoms with E-state index in [1.54, 1.807) is 7.11 Å². The number of methoxy groups -OCH3 is 1. The summed E-state index contributed by atoms with van der Waals surface area (Å²) in [6.07, 6.45) is -9.58. The average molecular weight is 934 g/mol. The molecule has 2 aliphatic rings. The normalized spacial score (nSPS) is 24.6. The maximum absolute atomic E-state index is 13.0. The fourth-order valence-corrected chi connectivity index (χ4v) is 8.96. The van der Waals surface area contributed by atoms with Gasteiger partial charge in [0.15, 0.2) is 6.29 Å². The Morgan fingerprint density at radius 3 is 1.28 bits per heavy atom. The van der Waals surface area contributed by atoms with Crippen molar-refractivity contribution in [3.05, 3.63) is 227 Å². The molecule has 7 aromatic rings. The standard InChI is InChI=1S/C56H59N3O10/c1-62-56-55(68-37-44-30-18-7-19-31-44)54(67-36-43-28-16-6-17-29-43)53(66-35-42-26-14-5-15-27-42)50(69-56)46-47-49(61)52(65-34-41-24-12-4-13-25-41)51(64-33-40-22-10-3-11-23-40)48(60)45(59(47)58-57-46)38-63-32-39-20-8-2-9-21-39/h2-31,45,48-56,60-61H,32-38H2,1H3/t45-,48-,49-,50-,51+,52+,53-,54+,55-,56+/m1/s1. The van der Waals surface area contributed by atoms with Gasteiger partial charge in [0.1, 0.15) is 60.6 Å². The Morgan fingerprint density at radius 2 is 0.841 bits per heavy atom. The molecule has 10 atom stereocenters. The Bertz CT molecular complexity index is 2560. The van der Waals surface area contributed by atoms with E-state index < -0.39 is 61.2 Å². The van der Waals surface area contributed by atoms with Crippen molar-refractivity contribution >= 4 is 0 Å². The highest BCUT2D eigenvalue weighted by molar-refractivity contribution is 5.26. The van der Waals surface area contributed by atoms with E-state index in [-0.39, 0.29) is 57.6 Å². The van der Waals surface area contributed by atoms with Crippen LogP contribution in [0.3, 0.4) is 0 Å². The Hall–Kier alpha value is -5.94. The number of benzene rings is 6. The van der Waals surface area contributed by atoms with Gasteiger partial charge in [-0.25, -0.2) is 4.68 Å². The van der Waals surface area contributed by atoms with Gasteiger partial charge in [-0.2, -0.15) is 0 Å². The maximum Gasteiger partial charge on any atom is 0.186 e. The summed E-state index contributed by atoms with van der Waals surface area (Å²) in [5, 5.41) is 35.3. The van der Waals surface area contributed by atoms with Crippen molar-refractivity contribution in [1.29, 1.82) is 0 Å². The largest absolute Gasteiger partial charge is 0.388 e. The van der Waals surface area contributed by atoms with Gasteiger partial charge in [0.2, 0.25) is 0 Å². The molecule has 2 aliphatic heterocycles. The first kappa shape index (κ1) is 48.1. The molecule has 358 valence electrons. The smallest absolute Gasteiger partial charge is 0.186 e. The second kappa shape index (κ2) is 24.1.